The quantitative estimate of drug-likeness (QED) is 0.466. The molecule has 4 atom stereocenters. The highest BCUT2D eigenvalue weighted by molar-refractivity contribution is 5.82. The number of hydrogen-bond acceptors (Lipinski definition) is 9. The van der Waals surface area contributed by atoms with Crippen molar-refractivity contribution in [1.29, 1.82) is 0 Å². The molecule has 1 N–H and O–H groups in total. The third-order valence-electron chi connectivity index (χ3n) is 7.23. The van der Waals surface area contributed by atoms with Gasteiger partial charge in [0.2, 0.25) is 5.82 Å². The number of amides is 1. The minimum absolute atomic E-state index is 0.0827. The van der Waals surface area contributed by atoms with E-state index in [2.05, 4.69) is 25.7 Å². The van der Waals surface area contributed by atoms with Gasteiger partial charge in [0, 0.05) is 25.0 Å². The summed E-state index contributed by atoms with van der Waals surface area (Å²) < 4.78 is 19.3. The zero-order valence-electron chi connectivity index (χ0n) is 22.7. The first-order chi connectivity index (χ1) is 18.7. The van der Waals surface area contributed by atoms with E-state index in [-0.39, 0.29) is 24.5 Å². The Labute approximate surface area is 227 Å². The van der Waals surface area contributed by atoms with Crippen molar-refractivity contribution in [1.82, 2.24) is 35.3 Å². The Hall–Kier alpha value is -3.96. The molecule has 208 valence electrons. The van der Waals surface area contributed by atoms with Gasteiger partial charge in [0.25, 0.3) is 0 Å². The monoisotopic (exact) mass is 537 g/mol. The molecule has 3 aromatic rings. The van der Waals surface area contributed by atoms with Gasteiger partial charge in [-0.2, -0.15) is 10.3 Å². The van der Waals surface area contributed by atoms with E-state index in [1.165, 1.54) is 0 Å². The van der Waals surface area contributed by atoms with Crippen molar-refractivity contribution in [2.24, 2.45) is 11.8 Å². The van der Waals surface area contributed by atoms with Gasteiger partial charge in [-0.3, -0.25) is 4.90 Å². The van der Waals surface area contributed by atoms with E-state index in [4.69, 9.17) is 14.2 Å². The number of esters is 1. The number of hydrogen-bond donors (Lipinski definition) is 1. The van der Waals surface area contributed by atoms with Crippen molar-refractivity contribution < 1.29 is 23.8 Å². The molecule has 0 unspecified atom stereocenters. The number of aromatic amines is 1. The summed E-state index contributed by atoms with van der Waals surface area (Å²) in [6.07, 6.45) is 5.96. The Morgan fingerprint density at radius 1 is 1.15 bits per heavy atom. The van der Waals surface area contributed by atoms with Crippen LogP contribution in [0, 0.1) is 11.8 Å². The highest BCUT2D eigenvalue weighted by atomic mass is 16.6. The van der Waals surface area contributed by atoms with Gasteiger partial charge in [0.15, 0.2) is 0 Å². The zero-order valence-corrected chi connectivity index (χ0v) is 22.7. The summed E-state index contributed by atoms with van der Waals surface area (Å²) in [6.45, 7) is 7.95. The van der Waals surface area contributed by atoms with Gasteiger partial charge < -0.3 is 14.2 Å². The third kappa shape index (κ3) is 6.04. The highest BCUT2D eigenvalue weighted by Gasteiger charge is 2.46. The van der Waals surface area contributed by atoms with Crippen molar-refractivity contribution >= 4 is 12.1 Å². The molecule has 12 nitrogen and oxygen atoms in total. The number of likely N-dealkylation sites (tertiary alicyclic amines) is 1. The topological polar surface area (TPSA) is 137 Å². The molecule has 5 rings (SSSR count). The van der Waals surface area contributed by atoms with Gasteiger partial charge >= 0.3 is 12.1 Å². The van der Waals surface area contributed by atoms with E-state index in [9.17, 15) is 9.59 Å². The third-order valence-corrected chi connectivity index (χ3v) is 7.23. The van der Waals surface area contributed by atoms with E-state index in [0.717, 1.165) is 30.5 Å². The van der Waals surface area contributed by atoms with Crippen LogP contribution in [0.4, 0.5) is 4.79 Å². The number of carbonyl (C=O) groups is 2. The van der Waals surface area contributed by atoms with Crippen LogP contribution < -0.4 is 4.74 Å². The fraction of sp³-hybridized carbons (Fsp3) is 0.556. The lowest BCUT2D eigenvalue weighted by atomic mass is 9.72. The van der Waals surface area contributed by atoms with Crippen LogP contribution in [0.3, 0.4) is 0 Å². The number of H-pyrrole nitrogens is 1. The molecule has 1 amide bonds. The molecule has 39 heavy (non-hydrogen) atoms. The van der Waals surface area contributed by atoms with Gasteiger partial charge in [-0.05, 0) is 88.6 Å². The van der Waals surface area contributed by atoms with E-state index in [1.807, 2.05) is 51.2 Å². The van der Waals surface area contributed by atoms with Crippen molar-refractivity contribution in [3.63, 3.8) is 0 Å². The zero-order chi connectivity index (χ0) is 27.6. The Balaban J connectivity index is 1.35. The molecule has 1 saturated carbocycles. The molecule has 1 aromatic carbocycles. The molecule has 3 heterocycles. The Bertz CT molecular complexity index is 1270. The summed E-state index contributed by atoms with van der Waals surface area (Å²) in [6, 6.07) is 6.94. The van der Waals surface area contributed by atoms with Crippen molar-refractivity contribution in [3.8, 4) is 22.8 Å². The van der Waals surface area contributed by atoms with Gasteiger partial charge in [0.05, 0.1) is 24.0 Å². The van der Waals surface area contributed by atoms with Gasteiger partial charge in [0.1, 0.15) is 17.4 Å². The molecule has 0 bridgehead atoms. The van der Waals surface area contributed by atoms with Crippen LogP contribution in [0.15, 0.2) is 36.7 Å². The molecular formula is C27H35N7O5. The van der Waals surface area contributed by atoms with E-state index in [1.54, 1.807) is 22.7 Å². The molecule has 0 radical (unpaired) electrons. The smallest absolute Gasteiger partial charge is 0.411 e. The molecule has 2 fully saturated rings. The normalized spacial score (nSPS) is 23.1. The summed E-state index contributed by atoms with van der Waals surface area (Å²) in [4.78, 5) is 27.5. The first-order valence-electron chi connectivity index (χ1n) is 13.4. The van der Waals surface area contributed by atoms with Crippen molar-refractivity contribution in [2.45, 2.75) is 71.1 Å². The molecule has 2 aromatic heterocycles. The number of fused-ring (bicyclic) bond motifs is 1. The average molecular weight is 538 g/mol. The van der Waals surface area contributed by atoms with Crippen LogP contribution >= 0.6 is 0 Å². The fourth-order valence-electron chi connectivity index (χ4n) is 5.51. The second-order valence-electron chi connectivity index (χ2n) is 11.1. The molecule has 12 heteroatoms. The predicted octanol–water partition coefficient (Wildman–Crippen LogP) is 3.79. The highest BCUT2D eigenvalue weighted by Crippen LogP contribution is 2.42. The summed E-state index contributed by atoms with van der Waals surface area (Å²) in [7, 11) is 0. The minimum atomic E-state index is -0.683. The second-order valence-corrected chi connectivity index (χ2v) is 11.1. The Morgan fingerprint density at radius 3 is 2.69 bits per heavy atom. The second kappa shape index (κ2) is 11.0. The first kappa shape index (κ1) is 26.6. The maximum atomic E-state index is 13.0. The largest absolute Gasteiger partial charge is 0.490 e. The number of benzene rings is 1. The lowest BCUT2D eigenvalue weighted by molar-refractivity contribution is -0.153. The lowest BCUT2D eigenvalue weighted by Gasteiger charge is -2.46. The number of piperidine rings is 1. The number of nitrogens with one attached hydrogen (secondary N) is 1. The van der Waals surface area contributed by atoms with Crippen LogP contribution in [-0.2, 0) is 14.3 Å². The molecule has 1 aliphatic heterocycles. The van der Waals surface area contributed by atoms with Crippen molar-refractivity contribution in [3.05, 3.63) is 36.7 Å². The first-order valence-corrected chi connectivity index (χ1v) is 13.4. The SMILES string of the molecule is CCOC(=O)[C@@H]1C[C@@H]2C[C@@H](Oc3cc(-n4cccn4)ccc3-c3nn[nH]n3)CC[C@H]2CN1C(=O)OC(C)(C)C. The molecule has 0 spiro atoms. The van der Waals surface area contributed by atoms with Crippen LogP contribution in [0.25, 0.3) is 17.1 Å². The summed E-state index contributed by atoms with van der Waals surface area (Å²) in [5.74, 6) is 1.13. The number of ether oxygens (including phenoxy) is 3. The molecule has 1 aliphatic carbocycles. The summed E-state index contributed by atoms with van der Waals surface area (Å²) in [5, 5.41) is 18.8. The number of tetrazole rings is 1. The van der Waals surface area contributed by atoms with Crippen molar-refractivity contribution in [2.75, 3.05) is 13.2 Å². The van der Waals surface area contributed by atoms with E-state index >= 15 is 0 Å². The van der Waals surface area contributed by atoms with E-state index in [0.29, 0.717) is 24.5 Å². The molecule has 2 aliphatic rings. The number of rotatable bonds is 6. The maximum absolute atomic E-state index is 13.0. The van der Waals surface area contributed by atoms with E-state index < -0.39 is 23.7 Å². The standard InChI is InChI=1S/C27H35N7O5/c1-5-37-25(35)22-14-18-13-20(9-7-17(18)16-33(22)26(36)39-27(2,3)4)38-23-15-19(34-12-6-11-28-34)8-10-21(23)24-29-31-32-30-24/h6,8,10-12,15,17-18,20,22H,5,7,9,13-14,16H2,1-4H3,(H,29,30,31,32)/t17-,18-,20-,22-/m0/s1. The average Bonchev–Trinajstić information content (AvgIpc) is 3.62. The Kier molecular flexibility index (Phi) is 7.53. The molecule has 1 saturated heterocycles. The predicted molar refractivity (Wildman–Crippen MR) is 140 cm³/mol. The number of nitrogens with zero attached hydrogens (tertiary/aromatic N) is 6. The van der Waals surface area contributed by atoms with Crippen LogP contribution in [-0.4, -0.2) is 78.3 Å². The lowest BCUT2D eigenvalue weighted by Crippen LogP contribution is -2.56. The maximum Gasteiger partial charge on any atom is 0.411 e. The van der Waals surface area contributed by atoms with Crippen LogP contribution in [0.2, 0.25) is 0 Å². The summed E-state index contributed by atoms with van der Waals surface area (Å²) in [5.41, 5.74) is 0.926. The minimum Gasteiger partial charge on any atom is -0.490 e. The number of carbonyl (C=O) groups excluding carboxylic acids is 2. The van der Waals surface area contributed by atoms with Crippen LogP contribution in [0.5, 0.6) is 5.75 Å². The van der Waals surface area contributed by atoms with Crippen LogP contribution in [0.1, 0.15) is 53.4 Å². The summed E-state index contributed by atoms with van der Waals surface area (Å²) >= 11 is 0. The van der Waals surface area contributed by atoms with Gasteiger partial charge in [-0.25, -0.2) is 14.3 Å². The van der Waals surface area contributed by atoms with Gasteiger partial charge in [-0.1, -0.05) is 0 Å². The number of aromatic nitrogens is 6. The molecular weight excluding hydrogens is 502 g/mol. The Morgan fingerprint density at radius 2 is 2.00 bits per heavy atom. The van der Waals surface area contributed by atoms with Gasteiger partial charge in [-0.15, -0.1) is 10.2 Å². The fourth-order valence-corrected chi connectivity index (χ4v) is 5.51.